The van der Waals surface area contributed by atoms with Crippen molar-refractivity contribution in [2.45, 2.75) is 19.4 Å². The standard InChI is InChI=1S/C16H17FO2/c1-12(18)15-11-14(17)7-8-16(15)19-10-9-13-5-3-2-4-6-13/h2-8,11-12,18H,9-10H2,1H3/t12-/m1/s1. The van der Waals surface area contributed by atoms with Crippen LogP contribution in [0.15, 0.2) is 48.5 Å². The lowest BCUT2D eigenvalue weighted by molar-refractivity contribution is 0.191. The molecule has 0 spiro atoms. The number of rotatable bonds is 5. The van der Waals surface area contributed by atoms with Crippen LogP contribution in [-0.2, 0) is 6.42 Å². The molecule has 1 atom stereocenters. The zero-order valence-electron chi connectivity index (χ0n) is 10.8. The Morgan fingerprint density at radius 2 is 1.89 bits per heavy atom. The van der Waals surface area contributed by atoms with Gasteiger partial charge in [-0.15, -0.1) is 0 Å². The zero-order chi connectivity index (χ0) is 13.7. The first kappa shape index (κ1) is 13.6. The molecule has 0 heterocycles. The van der Waals surface area contributed by atoms with E-state index in [1.54, 1.807) is 13.0 Å². The maximum absolute atomic E-state index is 13.1. The predicted molar refractivity (Wildman–Crippen MR) is 72.7 cm³/mol. The second kappa shape index (κ2) is 6.34. The summed E-state index contributed by atoms with van der Waals surface area (Å²) >= 11 is 0. The summed E-state index contributed by atoms with van der Waals surface area (Å²) in [6.45, 7) is 2.09. The van der Waals surface area contributed by atoms with Gasteiger partial charge in [-0.1, -0.05) is 30.3 Å². The van der Waals surface area contributed by atoms with Crippen molar-refractivity contribution >= 4 is 0 Å². The van der Waals surface area contributed by atoms with Gasteiger partial charge in [0, 0.05) is 12.0 Å². The van der Waals surface area contributed by atoms with Crippen molar-refractivity contribution in [1.29, 1.82) is 0 Å². The molecular weight excluding hydrogens is 243 g/mol. The minimum absolute atomic E-state index is 0.369. The summed E-state index contributed by atoms with van der Waals surface area (Å²) in [4.78, 5) is 0. The minimum Gasteiger partial charge on any atom is -0.493 e. The Labute approximate surface area is 112 Å². The fourth-order valence-corrected chi connectivity index (χ4v) is 1.90. The highest BCUT2D eigenvalue weighted by Gasteiger charge is 2.10. The second-order valence-corrected chi connectivity index (χ2v) is 4.44. The quantitative estimate of drug-likeness (QED) is 0.891. The Morgan fingerprint density at radius 1 is 1.16 bits per heavy atom. The third-order valence-corrected chi connectivity index (χ3v) is 2.91. The Kier molecular flexibility index (Phi) is 4.53. The van der Waals surface area contributed by atoms with Crippen molar-refractivity contribution in [3.05, 3.63) is 65.5 Å². The number of aliphatic hydroxyl groups is 1. The first-order chi connectivity index (χ1) is 9.16. The first-order valence-electron chi connectivity index (χ1n) is 6.31. The van der Waals surface area contributed by atoms with Gasteiger partial charge in [0.15, 0.2) is 0 Å². The van der Waals surface area contributed by atoms with Crippen molar-refractivity contribution in [3.8, 4) is 5.75 Å². The highest BCUT2D eigenvalue weighted by molar-refractivity contribution is 5.35. The molecule has 0 bridgehead atoms. The molecule has 0 unspecified atom stereocenters. The molecule has 0 fully saturated rings. The molecule has 1 N–H and O–H groups in total. The number of hydrogen-bond acceptors (Lipinski definition) is 2. The van der Waals surface area contributed by atoms with Crippen molar-refractivity contribution in [1.82, 2.24) is 0 Å². The number of hydrogen-bond donors (Lipinski definition) is 1. The van der Waals surface area contributed by atoms with Gasteiger partial charge in [0.25, 0.3) is 0 Å². The van der Waals surface area contributed by atoms with E-state index < -0.39 is 6.10 Å². The molecule has 19 heavy (non-hydrogen) atoms. The molecule has 2 aromatic carbocycles. The summed E-state index contributed by atoms with van der Waals surface area (Å²) in [5, 5.41) is 9.60. The van der Waals surface area contributed by atoms with E-state index in [2.05, 4.69) is 0 Å². The van der Waals surface area contributed by atoms with Crippen LogP contribution in [0.2, 0.25) is 0 Å². The predicted octanol–water partition coefficient (Wildman–Crippen LogP) is 3.50. The average Bonchev–Trinajstić information content (AvgIpc) is 2.41. The van der Waals surface area contributed by atoms with E-state index in [1.807, 2.05) is 30.3 Å². The SMILES string of the molecule is C[C@@H](O)c1cc(F)ccc1OCCc1ccccc1. The van der Waals surface area contributed by atoms with Gasteiger partial charge in [-0.05, 0) is 30.7 Å². The molecule has 3 heteroatoms. The Bertz CT molecular complexity index is 524. The van der Waals surface area contributed by atoms with E-state index in [1.165, 1.54) is 17.7 Å². The second-order valence-electron chi connectivity index (χ2n) is 4.44. The van der Waals surface area contributed by atoms with Crippen LogP contribution in [0, 0.1) is 5.82 Å². The van der Waals surface area contributed by atoms with Gasteiger partial charge in [-0.2, -0.15) is 0 Å². The van der Waals surface area contributed by atoms with E-state index >= 15 is 0 Å². The third kappa shape index (κ3) is 3.80. The van der Waals surface area contributed by atoms with E-state index in [0.29, 0.717) is 17.9 Å². The van der Waals surface area contributed by atoms with Gasteiger partial charge in [-0.3, -0.25) is 0 Å². The first-order valence-corrected chi connectivity index (χ1v) is 6.31. The van der Waals surface area contributed by atoms with E-state index in [-0.39, 0.29) is 5.82 Å². The topological polar surface area (TPSA) is 29.5 Å². The molecule has 0 aliphatic heterocycles. The molecular formula is C16H17FO2. The van der Waals surface area contributed by atoms with Gasteiger partial charge in [0.05, 0.1) is 12.7 Å². The maximum Gasteiger partial charge on any atom is 0.125 e. The molecule has 2 rings (SSSR count). The van der Waals surface area contributed by atoms with Gasteiger partial charge >= 0.3 is 0 Å². The fourth-order valence-electron chi connectivity index (χ4n) is 1.90. The Balaban J connectivity index is 2.00. The zero-order valence-corrected chi connectivity index (χ0v) is 10.8. The van der Waals surface area contributed by atoms with Crippen molar-refractivity contribution in [2.75, 3.05) is 6.61 Å². The van der Waals surface area contributed by atoms with Crippen LogP contribution in [0.4, 0.5) is 4.39 Å². The molecule has 0 saturated heterocycles. The van der Waals surface area contributed by atoms with Crippen molar-refractivity contribution in [3.63, 3.8) is 0 Å². The summed E-state index contributed by atoms with van der Waals surface area (Å²) in [7, 11) is 0. The van der Waals surface area contributed by atoms with Crippen molar-refractivity contribution < 1.29 is 14.2 Å². The lowest BCUT2D eigenvalue weighted by Gasteiger charge is -2.13. The van der Waals surface area contributed by atoms with Crippen LogP contribution in [0.3, 0.4) is 0 Å². The van der Waals surface area contributed by atoms with E-state index in [9.17, 15) is 9.50 Å². The molecule has 0 aromatic heterocycles. The van der Waals surface area contributed by atoms with Crippen LogP contribution >= 0.6 is 0 Å². The fraction of sp³-hybridized carbons (Fsp3) is 0.250. The summed E-state index contributed by atoms with van der Waals surface area (Å²) in [5.41, 5.74) is 1.66. The third-order valence-electron chi connectivity index (χ3n) is 2.91. The van der Waals surface area contributed by atoms with Crippen LogP contribution in [0.25, 0.3) is 0 Å². The average molecular weight is 260 g/mol. The normalized spacial score (nSPS) is 12.2. The highest BCUT2D eigenvalue weighted by atomic mass is 19.1. The lowest BCUT2D eigenvalue weighted by Crippen LogP contribution is -2.05. The van der Waals surface area contributed by atoms with Crippen LogP contribution in [0.5, 0.6) is 5.75 Å². The van der Waals surface area contributed by atoms with Gasteiger partial charge in [0.1, 0.15) is 11.6 Å². The molecule has 0 saturated carbocycles. The molecule has 100 valence electrons. The summed E-state index contributed by atoms with van der Waals surface area (Å²) in [6.07, 6.45) is 0.0275. The van der Waals surface area contributed by atoms with Gasteiger partial charge in [0.2, 0.25) is 0 Å². The number of aliphatic hydroxyl groups excluding tert-OH is 1. The minimum atomic E-state index is -0.748. The largest absolute Gasteiger partial charge is 0.493 e. The number of halogens is 1. The van der Waals surface area contributed by atoms with Crippen LogP contribution in [-0.4, -0.2) is 11.7 Å². The van der Waals surface area contributed by atoms with E-state index in [0.717, 1.165) is 6.42 Å². The molecule has 2 aromatic rings. The summed E-state index contributed by atoms with van der Waals surface area (Å²) in [5.74, 6) is 0.165. The molecule has 2 nitrogen and oxygen atoms in total. The molecule has 0 radical (unpaired) electrons. The van der Waals surface area contributed by atoms with Crippen LogP contribution in [0.1, 0.15) is 24.2 Å². The number of benzene rings is 2. The summed E-state index contributed by atoms with van der Waals surface area (Å²) in [6, 6.07) is 14.2. The molecule has 0 aliphatic carbocycles. The smallest absolute Gasteiger partial charge is 0.125 e. The van der Waals surface area contributed by atoms with Gasteiger partial charge < -0.3 is 9.84 Å². The van der Waals surface area contributed by atoms with Crippen molar-refractivity contribution in [2.24, 2.45) is 0 Å². The summed E-state index contributed by atoms with van der Waals surface area (Å²) < 4.78 is 18.8. The monoisotopic (exact) mass is 260 g/mol. The van der Waals surface area contributed by atoms with Gasteiger partial charge in [-0.25, -0.2) is 4.39 Å². The Hall–Kier alpha value is -1.87. The van der Waals surface area contributed by atoms with E-state index in [4.69, 9.17) is 4.74 Å². The number of ether oxygens (including phenoxy) is 1. The molecule has 0 amide bonds. The lowest BCUT2D eigenvalue weighted by atomic mass is 10.1. The molecule has 0 aliphatic rings. The Morgan fingerprint density at radius 3 is 2.58 bits per heavy atom. The van der Waals surface area contributed by atoms with Crippen LogP contribution < -0.4 is 4.74 Å². The maximum atomic E-state index is 13.1. The highest BCUT2D eigenvalue weighted by Crippen LogP contribution is 2.26.